The number of pyridine rings is 1. The second-order valence-corrected chi connectivity index (χ2v) is 4.38. The summed E-state index contributed by atoms with van der Waals surface area (Å²) in [5.41, 5.74) is 7.77. The van der Waals surface area contributed by atoms with Crippen molar-refractivity contribution in [2.24, 2.45) is 5.73 Å². The van der Waals surface area contributed by atoms with Crippen molar-refractivity contribution >= 4 is 0 Å². The summed E-state index contributed by atoms with van der Waals surface area (Å²) in [5.74, 6) is 0.760. The first-order valence-electron chi connectivity index (χ1n) is 6.10. The van der Waals surface area contributed by atoms with Gasteiger partial charge in [0, 0.05) is 6.04 Å². The van der Waals surface area contributed by atoms with E-state index < -0.39 is 0 Å². The molecule has 1 aromatic heterocycles. The average Bonchev–Trinajstić information content (AvgIpc) is 2.40. The zero-order chi connectivity index (χ0) is 13.0. The minimum Gasteiger partial charge on any atom is -0.484 e. The maximum atomic E-state index is 5.83. The van der Waals surface area contributed by atoms with Gasteiger partial charge in [0.05, 0.1) is 11.9 Å². The molecular weight excluding hydrogens is 224 g/mol. The lowest BCUT2D eigenvalue weighted by Crippen LogP contribution is -2.08. The van der Waals surface area contributed by atoms with Crippen molar-refractivity contribution in [3.63, 3.8) is 0 Å². The smallest absolute Gasteiger partial charge is 0.138 e. The molecule has 1 unspecified atom stereocenters. The molecule has 3 nitrogen and oxygen atoms in total. The molecule has 0 amide bonds. The number of rotatable bonds is 4. The number of aromatic nitrogens is 1. The fourth-order valence-electron chi connectivity index (χ4n) is 1.73. The van der Waals surface area contributed by atoms with Crippen molar-refractivity contribution in [1.29, 1.82) is 0 Å². The normalized spacial score (nSPS) is 13.9. The van der Waals surface area contributed by atoms with Gasteiger partial charge >= 0.3 is 0 Å². The van der Waals surface area contributed by atoms with E-state index in [2.05, 4.69) is 17.1 Å². The van der Waals surface area contributed by atoms with Gasteiger partial charge < -0.3 is 10.5 Å². The van der Waals surface area contributed by atoms with Crippen LogP contribution in [0, 0.1) is 0 Å². The molecule has 0 bridgehead atoms. The van der Waals surface area contributed by atoms with E-state index in [1.807, 2.05) is 44.2 Å². The number of hydrogen-bond acceptors (Lipinski definition) is 3. The molecule has 0 spiro atoms. The molecule has 94 valence electrons. The molecule has 1 heterocycles. The highest BCUT2D eigenvalue weighted by atomic mass is 16.5. The van der Waals surface area contributed by atoms with Crippen molar-refractivity contribution in [3.05, 3.63) is 59.9 Å². The van der Waals surface area contributed by atoms with Gasteiger partial charge in [0.15, 0.2) is 0 Å². The molecule has 3 heteroatoms. The Morgan fingerprint density at radius 2 is 1.78 bits per heavy atom. The van der Waals surface area contributed by atoms with Gasteiger partial charge in [-0.25, -0.2) is 0 Å². The quantitative estimate of drug-likeness (QED) is 0.895. The second kappa shape index (κ2) is 5.65. The van der Waals surface area contributed by atoms with Gasteiger partial charge in [0.1, 0.15) is 11.9 Å². The molecule has 0 saturated carbocycles. The van der Waals surface area contributed by atoms with E-state index >= 15 is 0 Å². The van der Waals surface area contributed by atoms with Crippen LogP contribution in [0.1, 0.15) is 37.3 Å². The van der Waals surface area contributed by atoms with E-state index in [0.717, 1.165) is 17.0 Å². The van der Waals surface area contributed by atoms with Gasteiger partial charge in [-0.05, 0) is 31.5 Å². The van der Waals surface area contributed by atoms with Crippen molar-refractivity contribution in [2.75, 3.05) is 0 Å². The first-order valence-corrected chi connectivity index (χ1v) is 6.10. The minimum atomic E-state index is -0.0504. The zero-order valence-electron chi connectivity index (χ0n) is 10.7. The van der Waals surface area contributed by atoms with Crippen LogP contribution >= 0.6 is 0 Å². The van der Waals surface area contributed by atoms with Crippen molar-refractivity contribution in [3.8, 4) is 5.75 Å². The van der Waals surface area contributed by atoms with Crippen LogP contribution in [0.3, 0.4) is 0 Å². The summed E-state index contributed by atoms with van der Waals surface area (Å²) >= 11 is 0. The summed E-state index contributed by atoms with van der Waals surface area (Å²) in [5, 5.41) is 0. The number of nitrogens with zero attached hydrogens (tertiary/aromatic N) is 1. The van der Waals surface area contributed by atoms with Crippen LogP contribution in [0.2, 0.25) is 0 Å². The maximum Gasteiger partial charge on any atom is 0.138 e. The number of ether oxygens (including phenoxy) is 1. The summed E-state index contributed by atoms with van der Waals surface area (Å²) < 4.78 is 5.83. The molecule has 2 rings (SSSR count). The predicted molar refractivity (Wildman–Crippen MR) is 72.3 cm³/mol. The van der Waals surface area contributed by atoms with E-state index in [1.54, 1.807) is 6.20 Å². The van der Waals surface area contributed by atoms with Gasteiger partial charge in [0.25, 0.3) is 0 Å². The molecule has 2 N–H and O–H groups in total. The van der Waals surface area contributed by atoms with Crippen LogP contribution in [0.15, 0.2) is 48.7 Å². The summed E-state index contributed by atoms with van der Waals surface area (Å²) in [6.45, 7) is 3.93. The fraction of sp³-hybridized carbons (Fsp3) is 0.267. The third kappa shape index (κ3) is 3.08. The van der Waals surface area contributed by atoms with E-state index in [9.17, 15) is 0 Å². The molecule has 0 radical (unpaired) electrons. The minimum absolute atomic E-state index is 0.00847. The topological polar surface area (TPSA) is 48.1 Å². The highest BCUT2D eigenvalue weighted by molar-refractivity contribution is 5.24. The highest BCUT2D eigenvalue weighted by Crippen LogP contribution is 2.21. The SMILES string of the molecule is CC(Oc1ccc([C@@H](C)N)nc1)c1ccccc1. The Kier molecular flexibility index (Phi) is 3.95. The predicted octanol–water partition coefficient (Wildman–Crippen LogP) is 3.24. The fourth-order valence-corrected chi connectivity index (χ4v) is 1.73. The van der Waals surface area contributed by atoms with Gasteiger partial charge in [0.2, 0.25) is 0 Å². The summed E-state index contributed by atoms with van der Waals surface area (Å²) in [6.07, 6.45) is 1.73. The van der Waals surface area contributed by atoms with E-state index in [-0.39, 0.29) is 12.1 Å². The first-order chi connectivity index (χ1) is 8.66. The van der Waals surface area contributed by atoms with Crippen LogP contribution in [-0.4, -0.2) is 4.98 Å². The summed E-state index contributed by atoms with van der Waals surface area (Å²) in [6, 6.07) is 13.9. The average molecular weight is 242 g/mol. The Bertz CT molecular complexity index is 480. The molecule has 2 aromatic rings. The Morgan fingerprint density at radius 1 is 1.06 bits per heavy atom. The third-order valence-corrected chi connectivity index (χ3v) is 2.81. The van der Waals surface area contributed by atoms with Crippen molar-refractivity contribution in [1.82, 2.24) is 4.98 Å². The zero-order valence-corrected chi connectivity index (χ0v) is 10.7. The third-order valence-electron chi connectivity index (χ3n) is 2.81. The van der Waals surface area contributed by atoms with Gasteiger partial charge in [-0.3, -0.25) is 4.98 Å². The standard InChI is InChI=1S/C15H18N2O/c1-11(16)15-9-8-14(10-17-15)18-12(2)13-6-4-3-5-7-13/h3-12H,16H2,1-2H3/t11-,12?/m1/s1. The van der Waals surface area contributed by atoms with E-state index in [1.165, 1.54) is 0 Å². The lowest BCUT2D eigenvalue weighted by atomic mass is 10.1. The molecule has 18 heavy (non-hydrogen) atoms. The Labute approximate surface area is 108 Å². The Morgan fingerprint density at radius 3 is 2.33 bits per heavy atom. The van der Waals surface area contributed by atoms with Crippen LogP contribution in [0.4, 0.5) is 0 Å². The second-order valence-electron chi connectivity index (χ2n) is 4.38. The molecule has 0 saturated heterocycles. The summed E-state index contributed by atoms with van der Waals surface area (Å²) in [4.78, 5) is 4.27. The Hall–Kier alpha value is -1.87. The molecule has 1 aromatic carbocycles. The van der Waals surface area contributed by atoms with Crippen LogP contribution in [-0.2, 0) is 0 Å². The van der Waals surface area contributed by atoms with Gasteiger partial charge in [-0.1, -0.05) is 30.3 Å². The van der Waals surface area contributed by atoms with E-state index in [4.69, 9.17) is 10.5 Å². The highest BCUT2D eigenvalue weighted by Gasteiger charge is 2.07. The monoisotopic (exact) mass is 242 g/mol. The molecular formula is C15H18N2O. The molecule has 2 atom stereocenters. The molecule has 0 aliphatic heterocycles. The van der Waals surface area contributed by atoms with Crippen LogP contribution in [0.5, 0.6) is 5.75 Å². The van der Waals surface area contributed by atoms with Gasteiger partial charge in [-0.15, -0.1) is 0 Å². The number of benzene rings is 1. The number of nitrogens with two attached hydrogens (primary N) is 1. The molecule has 0 aliphatic rings. The number of hydrogen-bond donors (Lipinski definition) is 1. The molecule has 0 fully saturated rings. The maximum absolute atomic E-state index is 5.83. The lowest BCUT2D eigenvalue weighted by molar-refractivity contribution is 0.226. The Balaban J connectivity index is 2.05. The first kappa shape index (κ1) is 12.6. The summed E-state index contributed by atoms with van der Waals surface area (Å²) in [7, 11) is 0. The van der Waals surface area contributed by atoms with Gasteiger partial charge in [-0.2, -0.15) is 0 Å². The lowest BCUT2D eigenvalue weighted by Gasteiger charge is -2.15. The van der Waals surface area contributed by atoms with Crippen LogP contribution < -0.4 is 10.5 Å². The van der Waals surface area contributed by atoms with Crippen molar-refractivity contribution < 1.29 is 4.74 Å². The largest absolute Gasteiger partial charge is 0.484 e. The van der Waals surface area contributed by atoms with E-state index in [0.29, 0.717) is 0 Å². The molecule has 0 aliphatic carbocycles. The van der Waals surface area contributed by atoms with Crippen molar-refractivity contribution in [2.45, 2.75) is 26.0 Å². The van der Waals surface area contributed by atoms with Crippen LogP contribution in [0.25, 0.3) is 0 Å².